The van der Waals surface area contributed by atoms with E-state index in [1.54, 1.807) is 0 Å². The minimum absolute atomic E-state index is 0.320. The van der Waals surface area contributed by atoms with E-state index in [0.29, 0.717) is 19.3 Å². The molecule has 0 fully saturated rings. The van der Waals surface area contributed by atoms with Crippen molar-refractivity contribution in [2.75, 3.05) is 40.4 Å². The Labute approximate surface area is 109 Å². The van der Waals surface area contributed by atoms with Crippen molar-refractivity contribution in [2.24, 2.45) is 0 Å². The smallest absolute Gasteiger partial charge is 0.161 e. The van der Waals surface area contributed by atoms with Gasteiger partial charge in [-0.25, -0.2) is 0 Å². The molecule has 0 aliphatic carbocycles. The summed E-state index contributed by atoms with van der Waals surface area (Å²) in [5.74, 6) is 1.71. The fraction of sp³-hybridized carbons (Fsp3) is 0.571. The van der Waals surface area contributed by atoms with E-state index in [4.69, 9.17) is 9.47 Å². The van der Waals surface area contributed by atoms with Crippen LogP contribution in [0.5, 0.6) is 11.5 Å². The Balaban J connectivity index is 1.95. The van der Waals surface area contributed by atoms with E-state index in [2.05, 4.69) is 43.4 Å². The van der Waals surface area contributed by atoms with Gasteiger partial charge in [-0.3, -0.25) is 0 Å². The van der Waals surface area contributed by atoms with Crippen LogP contribution in [0.1, 0.15) is 18.5 Å². The van der Waals surface area contributed by atoms with Crippen LogP contribution in [0.3, 0.4) is 0 Å². The molecule has 0 radical (unpaired) electrons. The third kappa shape index (κ3) is 3.37. The SMILES string of the molecule is CC(NCCN(C)C)c1ccc2c(c1)OCCO2. The van der Waals surface area contributed by atoms with Gasteiger partial charge in [-0.2, -0.15) is 0 Å². The molecular formula is C14H22N2O2. The molecule has 0 saturated heterocycles. The topological polar surface area (TPSA) is 33.7 Å². The third-order valence-electron chi connectivity index (χ3n) is 3.08. The summed E-state index contributed by atoms with van der Waals surface area (Å²) in [7, 11) is 4.16. The van der Waals surface area contributed by atoms with Crippen LogP contribution in [0.2, 0.25) is 0 Å². The summed E-state index contributed by atoms with van der Waals surface area (Å²) in [5.41, 5.74) is 1.23. The van der Waals surface area contributed by atoms with Crippen molar-refractivity contribution in [3.63, 3.8) is 0 Å². The molecule has 1 aliphatic heterocycles. The van der Waals surface area contributed by atoms with Gasteiger partial charge in [-0.05, 0) is 38.7 Å². The lowest BCUT2D eigenvalue weighted by Crippen LogP contribution is -2.28. The van der Waals surface area contributed by atoms with Crippen molar-refractivity contribution in [1.82, 2.24) is 10.2 Å². The van der Waals surface area contributed by atoms with E-state index in [9.17, 15) is 0 Å². The molecule has 1 aromatic carbocycles. The first-order valence-corrected chi connectivity index (χ1v) is 6.44. The molecule has 18 heavy (non-hydrogen) atoms. The zero-order valence-electron chi connectivity index (χ0n) is 11.4. The zero-order valence-corrected chi connectivity index (χ0v) is 11.4. The molecule has 0 saturated carbocycles. The number of nitrogens with zero attached hydrogens (tertiary/aromatic N) is 1. The first kappa shape index (κ1) is 13.2. The van der Waals surface area contributed by atoms with Crippen LogP contribution in [0.4, 0.5) is 0 Å². The van der Waals surface area contributed by atoms with Crippen LogP contribution >= 0.6 is 0 Å². The summed E-state index contributed by atoms with van der Waals surface area (Å²) in [5, 5.41) is 3.50. The highest BCUT2D eigenvalue weighted by atomic mass is 16.6. The monoisotopic (exact) mass is 250 g/mol. The molecule has 1 N–H and O–H groups in total. The first-order chi connectivity index (χ1) is 8.66. The summed E-state index contributed by atoms with van der Waals surface area (Å²) in [6.45, 7) is 5.46. The maximum absolute atomic E-state index is 5.60. The molecule has 1 unspecified atom stereocenters. The van der Waals surface area contributed by atoms with Gasteiger partial charge in [0, 0.05) is 19.1 Å². The predicted octanol–water partition coefficient (Wildman–Crippen LogP) is 1.67. The summed E-state index contributed by atoms with van der Waals surface area (Å²) in [6.07, 6.45) is 0. The fourth-order valence-electron chi connectivity index (χ4n) is 1.95. The highest BCUT2D eigenvalue weighted by molar-refractivity contribution is 5.44. The van der Waals surface area contributed by atoms with Gasteiger partial charge in [0.25, 0.3) is 0 Å². The van der Waals surface area contributed by atoms with Crippen LogP contribution in [0.15, 0.2) is 18.2 Å². The Hall–Kier alpha value is -1.26. The van der Waals surface area contributed by atoms with Crippen LogP contribution in [0, 0.1) is 0 Å². The standard InChI is InChI=1S/C14H22N2O2/c1-11(15-6-7-16(2)3)12-4-5-13-14(10-12)18-9-8-17-13/h4-5,10-11,15H,6-9H2,1-3H3. The van der Waals surface area contributed by atoms with Crippen molar-refractivity contribution in [2.45, 2.75) is 13.0 Å². The molecule has 1 aliphatic rings. The number of likely N-dealkylation sites (N-methyl/N-ethyl adjacent to an activating group) is 1. The Morgan fingerprint density at radius 2 is 1.94 bits per heavy atom. The van der Waals surface area contributed by atoms with Crippen molar-refractivity contribution >= 4 is 0 Å². The van der Waals surface area contributed by atoms with E-state index >= 15 is 0 Å². The lowest BCUT2D eigenvalue weighted by Gasteiger charge is -2.21. The minimum Gasteiger partial charge on any atom is -0.486 e. The van der Waals surface area contributed by atoms with Crippen LogP contribution in [-0.4, -0.2) is 45.3 Å². The van der Waals surface area contributed by atoms with Crippen molar-refractivity contribution in [1.29, 1.82) is 0 Å². The number of nitrogens with one attached hydrogen (secondary N) is 1. The fourth-order valence-corrected chi connectivity index (χ4v) is 1.95. The first-order valence-electron chi connectivity index (χ1n) is 6.44. The van der Waals surface area contributed by atoms with Gasteiger partial charge >= 0.3 is 0 Å². The van der Waals surface area contributed by atoms with Crippen molar-refractivity contribution in [3.8, 4) is 11.5 Å². The normalized spacial score (nSPS) is 15.8. The number of hydrogen-bond donors (Lipinski definition) is 1. The van der Waals surface area contributed by atoms with Gasteiger partial charge < -0.3 is 19.7 Å². The van der Waals surface area contributed by atoms with E-state index in [1.165, 1.54) is 5.56 Å². The number of benzene rings is 1. The Morgan fingerprint density at radius 1 is 1.22 bits per heavy atom. The molecular weight excluding hydrogens is 228 g/mol. The van der Waals surface area contributed by atoms with Gasteiger partial charge in [-0.15, -0.1) is 0 Å². The maximum Gasteiger partial charge on any atom is 0.161 e. The number of rotatable bonds is 5. The predicted molar refractivity (Wildman–Crippen MR) is 72.4 cm³/mol. The molecule has 2 rings (SSSR count). The summed E-state index contributed by atoms with van der Waals surface area (Å²) < 4.78 is 11.1. The lowest BCUT2D eigenvalue weighted by atomic mass is 10.1. The molecule has 1 heterocycles. The highest BCUT2D eigenvalue weighted by Crippen LogP contribution is 2.32. The lowest BCUT2D eigenvalue weighted by molar-refractivity contribution is 0.171. The van der Waals surface area contributed by atoms with Gasteiger partial charge in [0.1, 0.15) is 13.2 Å². The molecule has 1 atom stereocenters. The highest BCUT2D eigenvalue weighted by Gasteiger charge is 2.14. The average molecular weight is 250 g/mol. The molecule has 0 aromatic heterocycles. The quantitative estimate of drug-likeness (QED) is 0.862. The maximum atomic E-state index is 5.60. The number of fused-ring (bicyclic) bond motifs is 1. The van der Waals surface area contributed by atoms with Crippen molar-refractivity contribution < 1.29 is 9.47 Å². The van der Waals surface area contributed by atoms with E-state index in [-0.39, 0.29) is 0 Å². The van der Waals surface area contributed by atoms with Crippen LogP contribution in [-0.2, 0) is 0 Å². The summed E-state index contributed by atoms with van der Waals surface area (Å²) in [6, 6.07) is 6.48. The van der Waals surface area contributed by atoms with Crippen molar-refractivity contribution in [3.05, 3.63) is 23.8 Å². The Bertz CT molecular complexity index is 393. The average Bonchev–Trinajstić information content (AvgIpc) is 2.37. The second kappa shape index (κ2) is 6.07. The Kier molecular flexibility index (Phi) is 4.44. The Morgan fingerprint density at radius 3 is 2.67 bits per heavy atom. The van der Waals surface area contributed by atoms with Crippen LogP contribution < -0.4 is 14.8 Å². The second-order valence-corrected chi connectivity index (χ2v) is 4.88. The largest absolute Gasteiger partial charge is 0.486 e. The molecule has 100 valence electrons. The number of hydrogen-bond acceptors (Lipinski definition) is 4. The van der Waals surface area contributed by atoms with Gasteiger partial charge in [0.2, 0.25) is 0 Å². The van der Waals surface area contributed by atoms with E-state index in [0.717, 1.165) is 24.6 Å². The molecule has 1 aromatic rings. The molecule has 0 amide bonds. The van der Waals surface area contributed by atoms with Gasteiger partial charge in [-0.1, -0.05) is 6.07 Å². The molecule has 4 nitrogen and oxygen atoms in total. The van der Waals surface area contributed by atoms with E-state index in [1.807, 2.05) is 6.07 Å². The summed E-state index contributed by atoms with van der Waals surface area (Å²) >= 11 is 0. The molecule has 0 bridgehead atoms. The second-order valence-electron chi connectivity index (χ2n) is 4.88. The molecule has 4 heteroatoms. The molecule has 0 spiro atoms. The zero-order chi connectivity index (χ0) is 13.0. The third-order valence-corrected chi connectivity index (χ3v) is 3.08. The number of ether oxygens (including phenoxy) is 2. The van der Waals surface area contributed by atoms with Gasteiger partial charge in [0.05, 0.1) is 0 Å². The van der Waals surface area contributed by atoms with E-state index < -0.39 is 0 Å². The van der Waals surface area contributed by atoms with Gasteiger partial charge in [0.15, 0.2) is 11.5 Å². The summed E-state index contributed by atoms with van der Waals surface area (Å²) in [4.78, 5) is 2.17. The minimum atomic E-state index is 0.320. The van der Waals surface area contributed by atoms with Crippen LogP contribution in [0.25, 0.3) is 0 Å².